The Kier molecular flexibility index (Phi) is 5.32. The number of carbonyl (C=O) groups excluding carboxylic acids is 2. The van der Waals surface area contributed by atoms with E-state index in [4.69, 9.17) is 4.74 Å². The van der Waals surface area contributed by atoms with Crippen LogP contribution in [0.15, 0.2) is 53.4 Å². The predicted octanol–water partition coefficient (Wildman–Crippen LogP) is 2.61. The molecular formula is C20H21NO5S. The summed E-state index contributed by atoms with van der Waals surface area (Å²) in [5.41, 5.74) is 1.84. The van der Waals surface area contributed by atoms with E-state index >= 15 is 0 Å². The zero-order valence-corrected chi connectivity index (χ0v) is 16.0. The van der Waals surface area contributed by atoms with Crippen LogP contribution in [-0.2, 0) is 25.8 Å². The zero-order valence-electron chi connectivity index (χ0n) is 15.2. The molecule has 6 nitrogen and oxygen atoms in total. The van der Waals surface area contributed by atoms with Crippen LogP contribution < -0.4 is 4.90 Å². The number of rotatable bonds is 4. The fourth-order valence-corrected chi connectivity index (χ4v) is 4.09. The molecule has 1 aliphatic heterocycles. The van der Waals surface area contributed by atoms with Crippen molar-refractivity contribution in [3.8, 4) is 0 Å². The molecule has 2 aromatic rings. The Morgan fingerprint density at radius 3 is 2.48 bits per heavy atom. The summed E-state index contributed by atoms with van der Waals surface area (Å²) in [5.74, 6) is -1.16. The molecule has 1 aliphatic rings. The van der Waals surface area contributed by atoms with Gasteiger partial charge in [-0.2, -0.15) is 0 Å². The van der Waals surface area contributed by atoms with E-state index in [-0.39, 0.29) is 16.4 Å². The van der Waals surface area contributed by atoms with Gasteiger partial charge in [0.2, 0.25) is 0 Å². The van der Waals surface area contributed by atoms with E-state index in [1.54, 1.807) is 11.0 Å². The number of para-hydroxylation sites is 1. The summed E-state index contributed by atoms with van der Waals surface area (Å²) >= 11 is 0. The molecule has 2 aromatic carbocycles. The van der Waals surface area contributed by atoms with Gasteiger partial charge in [0.1, 0.15) is 0 Å². The molecule has 0 aliphatic carbocycles. The van der Waals surface area contributed by atoms with Crippen LogP contribution in [0.4, 0.5) is 5.69 Å². The first-order valence-electron chi connectivity index (χ1n) is 8.68. The van der Waals surface area contributed by atoms with Crippen LogP contribution in [0.1, 0.15) is 29.3 Å². The molecule has 0 saturated carbocycles. The van der Waals surface area contributed by atoms with Crippen molar-refractivity contribution in [3.63, 3.8) is 0 Å². The lowest BCUT2D eigenvalue weighted by atomic mass is 10.0. The highest BCUT2D eigenvalue weighted by molar-refractivity contribution is 7.90. The number of aryl methyl sites for hydroxylation is 1. The highest BCUT2D eigenvalue weighted by Gasteiger charge is 2.29. The molecule has 0 fully saturated rings. The van der Waals surface area contributed by atoms with Gasteiger partial charge in [-0.25, -0.2) is 13.2 Å². The Morgan fingerprint density at radius 1 is 1.07 bits per heavy atom. The Hall–Kier alpha value is -2.67. The standard InChI is InChI=1S/C20H21NO5S/c1-14(19(22)21-13-7-9-15-8-3-5-11-17(15)21)26-20(23)16-10-4-6-12-18(16)27(2,24)25/h3-6,8,10-12,14H,7,9,13H2,1-2H3/t14-/m1/s1. The van der Waals surface area contributed by atoms with Crippen molar-refractivity contribution in [2.45, 2.75) is 30.8 Å². The number of benzene rings is 2. The first kappa shape index (κ1) is 19.1. The van der Waals surface area contributed by atoms with Crippen LogP contribution in [-0.4, -0.2) is 39.2 Å². The van der Waals surface area contributed by atoms with Crippen molar-refractivity contribution in [2.75, 3.05) is 17.7 Å². The van der Waals surface area contributed by atoms with Crippen molar-refractivity contribution in [1.29, 1.82) is 0 Å². The van der Waals surface area contributed by atoms with E-state index in [0.717, 1.165) is 30.3 Å². The maximum atomic E-state index is 12.8. The normalized spacial score (nSPS) is 15.0. The highest BCUT2D eigenvalue weighted by Crippen LogP contribution is 2.27. The first-order chi connectivity index (χ1) is 12.8. The second-order valence-corrected chi connectivity index (χ2v) is 8.52. The molecule has 0 bridgehead atoms. The monoisotopic (exact) mass is 387 g/mol. The number of hydrogen-bond donors (Lipinski definition) is 0. The second kappa shape index (κ2) is 7.52. The average molecular weight is 387 g/mol. The van der Waals surface area contributed by atoms with Crippen LogP contribution in [0.25, 0.3) is 0 Å². The Bertz CT molecular complexity index is 983. The second-order valence-electron chi connectivity index (χ2n) is 6.54. The van der Waals surface area contributed by atoms with Gasteiger partial charge >= 0.3 is 5.97 Å². The maximum absolute atomic E-state index is 12.8. The van der Waals surface area contributed by atoms with E-state index in [1.165, 1.54) is 25.1 Å². The van der Waals surface area contributed by atoms with Crippen molar-refractivity contribution in [2.24, 2.45) is 0 Å². The quantitative estimate of drug-likeness (QED) is 0.754. The lowest BCUT2D eigenvalue weighted by Crippen LogP contribution is -2.42. The van der Waals surface area contributed by atoms with Crippen molar-refractivity contribution >= 4 is 27.4 Å². The third-order valence-electron chi connectivity index (χ3n) is 4.51. The molecule has 7 heteroatoms. The van der Waals surface area contributed by atoms with E-state index in [2.05, 4.69) is 0 Å². The van der Waals surface area contributed by atoms with Gasteiger partial charge in [-0.15, -0.1) is 0 Å². The topological polar surface area (TPSA) is 80.8 Å². The van der Waals surface area contributed by atoms with E-state index in [9.17, 15) is 18.0 Å². The molecule has 0 N–H and O–H groups in total. The summed E-state index contributed by atoms with van der Waals surface area (Å²) in [6.07, 6.45) is 1.73. The minimum absolute atomic E-state index is 0.0707. The summed E-state index contributed by atoms with van der Waals surface area (Å²) < 4.78 is 29.1. The van der Waals surface area contributed by atoms with Gasteiger partial charge in [0.25, 0.3) is 5.91 Å². The molecule has 0 saturated heterocycles. The summed E-state index contributed by atoms with van der Waals surface area (Å²) in [4.78, 5) is 26.8. The van der Waals surface area contributed by atoms with E-state index in [0.29, 0.717) is 6.54 Å². The van der Waals surface area contributed by atoms with Gasteiger partial charge in [-0.05, 0) is 43.5 Å². The molecule has 0 unspecified atom stereocenters. The van der Waals surface area contributed by atoms with Crippen LogP contribution in [0.2, 0.25) is 0 Å². The lowest BCUT2D eigenvalue weighted by Gasteiger charge is -2.31. The number of ether oxygens (including phenoxy) is 1. The number of anilines is 1. The first-order valence-corrected chi connectivity index (χ1v) is 10.6. The Labute approximate surface area is 158 Å². The number of sulfone groups is 1. The minimum atomic E-state index is -3.59. The minimum Gasteiger partial charge on any atom is -0.449 e. The maximum Gasteiger partial charge on any atom is 0.340 e. The van der Waals surface area contributed by atoms with Crippen molar-refractivity contribution in [3.05, 3.63) is 59.7 Å². The highest BCUT2D eigenvalue weighted by atomic mass is 32.2. The third-order valence-corrected chi connectivity index (χ3v) is 5.67. The molecule has 27 heavy (non-hydrogen) atoms. The lowest BCUT2D eigenvalue weighted by molar-refractivity contribution is -0.126. The molecule has 3 rings (SSSR count). The van der Waals surface area contributed by atoms with Gasteiger partial charge in [0.15, 0.2) is 15.9 Å². The largest absolute Gasteiger partial charge is 0.449 e. The van der Waals surface area contributed by atoms with Crippen molar-refractivity contribution in [1.82, 2.24) is 0 Å². The predicted molar refractivity (Wildman–Crippen MR) is 102 cm³/mol. The number of esters is 1. The number of carbonyl (C=O) groups is 2. The Balaban J connectivity index is 1.80. The molecule has 0 radical (unpaired) electrons. The van der Waals surface area contributed by atoms with Gasteiger partial charge in [0, 0.05) is 18.5 Å². The number of fused-ring (bicyclic) bond motifs is 1. The number of amides is 1. The SMILES string of the molecule is C[C@@H](OC(=O)c1ccccc1S(C)(=O)=O)C(=O)N1CCCc2ccccc21. The van der Waals surface area contributed by atoms with Gasteiger partial charge in [-0.3, -0.25) is 4.79 Å². The van der Waals surface area contributed by atoms with Gasteiger partial charge in [-0.1, -0.05) is 30.3 Å². The molecular weight excluding hydrogens is 366 g/mol. The number of nitrogens with zero attached hydrogens (tertiary/aromatic N) is 1. The smallest absolute Gasteiger partial charge is 0.340 e. The fourth-order valence-electron chi connectivity index (χ4n) is 3.22. The van der Waals surface area contributed by atoms with E-state index in [1.807, 2.05) is 24.3 Å². The fraction of sp³-hybridized carbons (Fsp3) is 0.300. The molecule has 1 heterocycles. The molecule has 1 amide bonds. The van der Waals surface area contributed by atoms with Crippen LogP contribution in [0, 0.1) is 0 Å². The zero-order chi connectivity index (χ0) is 19.6. The summed E-state index contributed by atoms with van der Waals surface area (Å²) in [7, 11) is -3.59. The Morgan fingerprint density at radius 2 is 1.74 bits per heavy atom. The third kappa shape index (κ3) is 4.03. The van der Waals surface area contributed by atoms with Gasteiger partial charge in [0.05, 0.1) is 10.5 Å². The molecule has 0 aromatic heterocycles. The molecule has 142 valence electrons. The summed E-state index contributed by atoms with van der Waals surface area (Å²) in [6, 6.07) is 13.5. The van der Waals surface area contributed by atoms with Crippen LogP contribution in [0.5, 0.6) is 0 Å². The number of hydrogen-bond acceptors (Lipinski definition) is 5. The van der Waals surface area contributed by atoms with Crippen LogP contribution in [0.3, 0.4) is 0 Å². The van der Waals surface area contributed by atoms with Crippen molar-refractivity contribution < 1.29 is 22.7 Å². The van der Waals surface area contributed by atoms with Gasteiger partial charge < -0.3 is 9.64 Å². The van der Waals surface area contributed by atoms with E-state index < -0.39 is 21.9 Å². The summed E-state index contributed by atoms with van der Waals surface area (Å²) in [5, 5.41) is 0. The molecule has 0 spiro atoms. The summed E-state index contributed by atoms with van der Waals surface area (Å²) in [6.45, 7) is 2.05. The van der Waals surface area contributed by atoms with Crippen LogP contribution >= 0.6 is 0 Å². The average Bonchev–Trinajstić information content (AvgIpc) is 2.66. The molecule has 1 atom stereocenters.